The maximum absolute atomic E-state index is 13.8. The number of carbonyl (C=O) groups excluding carboxylic acids is 1. The van der Waals surface area contributed by atoms with Crippen LogP contribution in [0.25, 0.3) is 11.0 Å². The molecule has 0 saturated heterocycles. The van der Waals surface area contributed by atoms with Crippen LogP contribution in [0.15, 0.2) is 82.0 Å². The average Bonchev–Trinajstić information content (AvgIpc) is 3.08. The number of benzene rings is 3. The summed E-state index contributed by atoms with van der Waals surface area (Å²) >= 11 is 0. The summed E-state index contributed by atoms with van der Waals surface area (Å²) in [6, 6.07) is 19.4. The van der Waals surface area contributed by atoms with Crippen LogP contribution in [0.4, 0.5) is 10.1 Å². The molecule has 1 aliphatic rings. The second-order valence-electron chi connectivity index (χ2n) is 7.23. The Morgan fingerprint density at radius 2 is 1.74 bits per heavy atom. The van der Waals surface area contributed by atoms with Gasteiger partial charge < -0.3 is 9.15 Å². The van der Waals surface area contributed by atoms with Crippen LogP contribution in [0.3, 0.4) is 0 Å². The minimum absolute atomic E-state index is 0.0214. The van der Waals surface area contributed by atoms with E-state index in [1.54, 1.807) is 24.3 Å². The first kappa shape index (κ1) is 19.1. The number of rotatable bonds is 4. The minimum Gasteiger partial charge on any atom is -0.494 e. The second kappa shape index (κ2) is 7.40. The summed E-state index contributed by atoms with van der Waals surface area (Å²) in [5, 5.41) is 0.112. The lowest BCUT2D eigenvalue weighted by Crippen LogP contribution is -2.29. The number of carbonyl (C=O) groups is 1. The van der Waals surface area contributed by atoms with E-state index >= 15 is 0 Å². The van der Waals surface area contributed by atoms with Gasteiger partial charge in [-0.1, -0.05) is 30.3 Å². The van der Waals surface area contributed by atoms with Crippen LogP contribution < -0.4 is 15.1 Å². The molecule has 0 bridgehead atoms. The number of anilines is 1. The molecule has 4 aromatic rings. The normalized spacial score (nSPS) is 15.4. The molecular weight excluding hydrogens is 397 g/mol. The highest BCUT2D eigenvalue weighted by molar-refractivity contribution is 6.10. The van der Waals surface area contributed by atoms with Gasteiger partial charge in [-0.15, -0.1) is 0 Å². The summed E-state index contributed by atoms with van der Waals surface area (Å²) in [5.41, 5.74) is 1.34. The van der Waals surface area contributed by atoms with E-state index in [2.05, 4.69) is 0 Å². The minimum atomic E-state index is -0.689. The molecule has 0 saturated carbocycles. The molecule has 6 heteroatoms. The van der Waals surface area contributed by atoms with Gasteiger partial charge in [-0.25, -0.2) is 4.39 Å². The summed E-state index contributed by atoms with van der Waals surface area (Å²) in [5.74, 6) is -0.297. The summed E-state index contributed by atoms with van der Waals surface area (Å²) in [7, 11) is 0. The fourth-order valence-electron chi connectivity index (χ4n) is 4.03. The van der Waals surface area contributed by atoms with Crippen molar-refractivity contribution in [3.8, 4) is 5.75 Å². The van der Waals surface area contributed by atoms with Crippen LogP contribution in [0.5, 0.6) is 5.75 Å². The molecule has 1 unspecified atom stereocenters. The zero-order chi connectivity index (χ0) is 21.5. The van der Waals surface area contributed by atoms with E-state index in [0.29, 0.717) is 18.0 Å². The monoisotopic (exact) mass is 415 g/mol. The van der Waals surface area contributed by atoms with Crippen LogP contribution in [0.1, 0.15) is 34.6 Å². The van der Waals surface area contributed by atoms with Gasteiger partial charge in [0.2, 0.25) is 5.76 Å². The number of fused-ring (bicyclic) bond motifs is 2. The predicted octanol–water partition coefficient (Wildman–Crippen LogP) is 5.08. The van der Waals surface area contributed by atoms with Gasteiger partial charge in [0.25, 0.3) is 5.91 Å². The van der Waals surface area contributed by atoms with E-state index in [0.717, 1.165) is 11.6 Å². The number of nitrogens with zero attached hydrogens (tertiary/aromatic N) is 1. The third kappa shape index (κ3) is 3.08. The number of amides is 1. The van der Waals surface area contributed by atoms with Crippen LogP contribution in [-0.2, 0) is 0 Å². The fourth-order valence-corrected chi connectivity index (χ4v) is 4.03. The molecule has 0 N–H and O–H groups in total. The summed E-state index contributed by atoms with van der Waals surface area (Å²) in [6.45, 7) is 2.42. The van der Waals surface area contributed by atoms with Gasteiger partial charge in [-0.3, -0.25) is 14.5 Å². The van der Waals surface area contributed by atoms with Crippen molar-refractivity contribution in [1.29, 1.82) is 0 Å². The highest BCUT2D eigenvalue weighted by Gasteiger charge is 2.43. The molecule has 1 atom stereocenters. The summed E-state index contributed by atoms with van der Waals surface area (Å²) in [4.78, 5) is 28.4. The quantitative estimate of drug-likeness (QED) is 0.466. The Kier molecular flexibility index (Phi) is 4.55. The number of hydrogen-bond acceptors (Lipinski definition) is 4. The lowest BCUT2D eigenvalue weighted by molar-refractivity contribution is 0.0971. The molecule has 0 fully saturated rings. The van der Waals surface area contributed by atoms with Crippen molar-refractivity contribution in [2.75, 3.05) is 11.5 Å². The SMILES string of the molecule is CCOc1ccc(N2C(=O)c3oc4ccc(F)cc4c(=O)c3C2c2ccccc2)cc1. The molecule has 0 radical (unpaired) electrons. The van der Waals surface area contributed by atoms with Crippen molar-refractivity contribution in [3.05, 3.63) is 106 Å². The van der Waals surface area contributed by atoms with E-state index in [1.807, 2.05) is 37.3 Å². The van der Waals surface area contributed by atoms with Crippen molar-refractivity contribution < 1.29 is 18.3 Å². The van der Waals surface area contributed by atoms with E-state index in [4.69, 9.17) is 9.15 Å². The molecule has 5 nitrogen and oxygen atoms in total. The summed E-state index contributed by atoms with van der Waals surface area (Å²) in [6.07, 6.45) is 0. The molecule has 1 amide bonds. The second-order valence-corrected chi connectivity index (χ2v) is 7.23. The van der Waals surface area contributed by atoms with Gasteiger partial charge in [-0.2, -0.15) is 0 Å². The molecule has 3 aromatic carbocycles. The first-order chi connectivity index (χ1) is 15.1. The molecule has 5 rings (SSSR count). The number of ether oxygens (including phenoxy) is 1. The maximum Gasteiger partial charge on any atom is 0.295 e. The lowest BCUT2D eigenvalue weighted by atomic mass is 9.98. The summed E-state index contributed by atoms with van der Waals surface area (Å²) < 4.78 is 25.2. The van der Waals surface area contributed by atoms with E-state index in [9.17, 15) is 14.0 Å². The van der Waals surface area contributed by atoms with Crippen molar-refractivity contribution in [2.45, 2.75) is 13.0 Å². The van der Waals surface area contributed by atoms with Gasteiger partial charge >= 0.3 is 0 Å². The molecule has 154 valence electrons. The Balaban J connectivity index is 1.74. The van der Waals surface area contributed by atoms with Crippen molar-refractivity contribution >= 4 is 22.6 Å². The Morgan fingerprint density at radius 1 is 1.00 bits per heavy atom. The standard InChI is InChI=1S/C25H18FNO4/c1-2-30-18-11-9-17(10-12-18)27-22(15-6-4-3-5-7-15)21-23(28)19-14-16(26)8-13-20(19)31-24(21)25(27)29/h3-14,22H,2H2,1H3. The first-order valence-electron chi connectivity index (χ1n) is 9.96. The van der Waals surface area contributed by atoms with E-state index < -0.39 is 23.2 Å². The maximum atomic E-state index is 13.8. The Hall–Kier alpha value is -3.93. The highest BCUT2D eigenvalue weighted by atomic mass is 19.1. The first-order valence-corrected chi connectivity index (χ1v) is 9.96. The predicted molar refractivity (Wildman–Crippen MR) is 115 cm³/mol. The molecule has 31 heavy (non-hydrogen) atoms. The van der Waals surface area contributed by atoms with Crippen LogP contribution in [0, 0.1) is 5.82 Å². The third-order valence-electron chi connectivity index (χ3n) is 5.37. The van der Waals surface area contributed by atoms with Crippen LogP contribution in [0.2, 0.25) is 0 Å². The number of hydrogen-bond donors (Lipinski definition) is 0. The van der Waals surface area contributed by atoms with Crippen LogP contribution in [-0.4, -0.2) is 12.5 Å². The molecule has 0 aliphatic carbocycles. The smallest absolute Gasteiger partial charge is 0.295 e. The molecule has 2 heterocycles. The third-order valence-corrected chi connectivity index (χ3v) is 5.37. The Labute approximate surface area is 177 Å². The zero-order valence-electron chi connectivity index (χ0n) is 16.7. The van der Waals surface area contributed by atoms with Gasteiger partial charge in [0, 0.05) is 5.69 Å². The van der Waals surface area contributed by atoms with E-state index in [1.165, 1.54) is 17.0 Å². The van der Waals surface area contributed by atoms with Crippen LogP contribution >= 0.6 is 0 Å². The molecule has 1 aromatic heterocycles. The largest absolute Gasteiger partial charge is 0.494 e. The van der Waals surface area contributed by atoms with Gasteiger partial charge in [-0.05, 0) is 55.0 Å². The Morgan fingerprint density at radius 3 is 2.45 bits per heavy atom. The average molecular weight is 415 g/mol. The van der Waals surface area contributed by atoms with Gasteiger partial charge in [0.05, 0.1) is 23.6 Å². The van der Waals surface area contributed by atoms with Gasteiger partial charge in [0.1, 0.15) is 17.1 Å². The Bertz CT molecular complexity index is 1350. The highest BCUT2D eigenvalue weighted by Crippen LogP contribution is 2.41. The molecule has 1 aliphatic heterocycles. The van der Waals surface area contributed by atoms with Gasteiger partial charge in [0.15, 0.2) is 5.43 Å². The van der Waals surface area contributed by atoms with Crippen molar-refractivity contribution in [1.82, 2.24) is 0 Å². The lowest BCUT2D eigenvalue weighted by Gasteiger charge is -2.25. The number of halogens is 1. The van der Waals surface area contributed by atoms with Crippen molar-refractivity contribution in [3.63, 3.8) is 0 Å². The zero-order valence-corrected chi connectivity index (χ0v) is 16.7. The molecule has 0 spiro atoms. The van der Waals surface area contributed by atoms with E-state index in [-0.39, 0.29) is 22.3 Å². The topological polar surface area (TPSA) is 59.8 Å². The fraction of sp³-hybridized carbons (Fsp3) is 0.120. The molecular formula is C25H18FNO4. The van der Waals surface area contributed by atoms with Crippen molar-refractivity contribution in [2.24, 2.45) is 0 Å².